The molecule has 0 saturated carbocycles. The average molecular weight is 384 g/mol. The van der Waals surface area contributed by atoms with Crippen LogP contribution in [0, 0.1) is 0 Å². The lowest BCUT2D eigenvalue weighted by atomic mass is 10.1. The first-order valence-electron chi connectivity index (χ1n) is 7.61. The molecule has 2 aromatic rings. The minimum atomic E-state index is -0.916. The predicted octanol–water partition coefficient (Wildman–Crippen LogP) is 4.14. The summed E-state index contributed by atoms with van der Waals surface area (Å²) in [6, 6.07) is 10.1. The molecule has 0 heterocycles. The van der Waals surface area contributed by atoms with Crippen molar-refractivity contribution < 1.29 is 19.4 Å². The van der Waals surface area contributed by atoms with Gasteiger partial charge in [-0.05, 0) is 30.7 Å². The quantitative estimate of drug-likeness (QED) is 0.716. The summed E-state index contributed by atoms with van der Waals surface area (Å²) in [6.07, 6.45) is 0. The molecule has 7 heteroatoms. The van der Waals surface area contributed by atoms with Crippen molar-refractivity contribution in [3.8, 4) is 11.5 Å². The highest BCUT2D eigenvalue weighted by Crippen LogP contribution is 2.32. The molecular weight excluding hydrogens is 365 g/mol. The van der Waals surface area contributed by atoms with Crippen molar-refractivity contribution in [2.45, 2.75) is 26.1 Å². The highest BCUT2D eigenvalue weighted by atomic mass is 35.5. The van der Waals surface area contributed by atoms with Crippen LogP contribution in [-0.2, 0) is 17.9 Å². The Morgan fingerprint density at radius 2 is 2.00 bits per heavy atom. The molecule has 0 spiro atoms. The van der Waals surface area contributed by atoms with Gasteiger partial charge in [-0.25, -0.2) is 0 Å². The maximum atomic E-state index is 11.0. The van der Waals surface area contributed by atoms with Crippen molar-refractivity contribution in [1.82, 2.24) is 5.32 Å². The number of para-hydroxylation sites is 1. The molecule has 2 N–H and O–H groups in total. The van der Waals surface area contributed by atoms with Crippen LogP contribution in [0.4, 0.5) is 0 Å². The first-order chi connectivity index (χ1) is 11.9. The molecule has 5 nitrogen and oxygen atoms in total. The van der Waals surface area contributed by atoms with E-state index in [0.29, 0.717) is 28.1 Å². The second-order valence-corrected chi connectivity index (χ2v) is 6.24. The third-order valence-corrected chi connectivity index (χ3v) is 4.36. The van der Waals surface area contributed by atoms with E-state index in [9.17, 15) is 4.79 Å². The summed E-state index contributed by atoms with van der Waals surface area (Å²) in [5, 5.41) is 12.9. The molecule has 134 valence electrons. The number of carboxylic acid groups (broad SMARTS) is 1. The summed E-state index contributed by atoms with van der Waals surface area (Å²) in [6.45, 7) is 2.19. The van der Waals surface area contributed by atoms with Gasteiger partial charge in [0.1, 0.15) is 12.6 Å². The summed E-state index contributed by atoms with van der Waals surface area (Å²) in [4.78, 5) is 11.0. The van der Waals surface area contributed by atoms with E-state index in [-0.39, 0.29) is 6.61 Å². The Morgan fingerprint density at radius 1 is 1.24 bits per heavy atom. The fourth-order valence-electron chi connectivity index (χ4n) is 2.16. The number of hydrogen-bond acceptors (Lipinski definition) is 4. The number of nitrogens with one attached hydrogen (secondary N) is 1. The zero-order chi connectivity index (χ0) is 18.4. The molecule has 1 atom stereocenters. The van der Waals surface area contributed by atoms with Gasteiger partial charge in [-0.2, -0.15) is 0 Å². The van der Waals surface area contributed by atoms with Gasteiger partial charge in [-0.1, -0.05) is 41.4 Å². The molecule has 0 aliphatic carbocycles. The van der Waals surface area contributed by atoms with Gasteiger partial charge in [0.15, 0.2) is 11.5 Å². The van der Waals surface area contributed by atoms with Crippen molar-refractivity contribution in [2.24, 2.45) is 0 Å². The lowest BCUT2D eigenvalue weighted by molar-refractivity contribution is -0.139. The van der Waals surface area contributed by atoms with Gasteiger partial charge in [0.05, 0.1) is 17.2 Å². The van der Waals surface area contributed by atoms with E-state index in [2.05, 4.69) is 5.32 Å². The summed E-state index contributed by atoms with van der Waals surface area (Å²) in [5.41, 5.74) is 1.66. The smallest absolute Gasteiger partial charge is 0.320 e. The Labute approximate surface area is 156 Å². The third-order valence-electron chi connectivity index (χ3n) is 3.62. The highest BCUT2D eigenvalue weighted by molar-refractivity contribution is 6.42. The van der Waals surface area contributed by atoms with Gasteiger partial charge in [-0.3, -0.25) is 4.79 Å². The van der Waals surface area contributed by atoms with Gasteiger partial charge in [-0.15, -0.1) is 0 Å². The van der Waals surface area contributed by atoms with E-state index in [1.807, 2.05) is 18.2 Å². The van der Waals surface area contributed by atoms with Crippen molar-refractivity contribution in [1.29, 1.82) is 0 Å². The standard InChI is InChI=1S/C18H19Cl2NO4/c1-11(18(22)23)21-9-13-4-3-5-16(24-2)17(13)25-10-12-6-7-14(19)15(20)8-12/h3-8,11,21H,9-10H2,1-2H3,(H,22,23). The molecule has 0 aliphatic heterocycles. The molecule has 0 saturated heterocycles. The number of aliphatic carboxylic acids is 1. The van der Waals surface area contributed by atoms with Crippen LogP contribution in [-0.4, -0.2) is 24.2 Å². The number of hydrogen-bond donors (Lipinski definition) is 2. The fraction of sp³-hybridized carbons (Fsp3) is 0.278. The second kappa shape index (κ2) is 8.94. The lowest BCUT2D eigenvalue weighted by Crippen LogP contribution is -2.33. The molecule has 0 radical (unpaired) electrons. The largest absolute Gasteiger partial charge is 0.493 e. The number of methoxy groups -OCH3 is 1. The van der Waals surface area contributed by atoms with E-state index in [4.69, 9.17) is 37.8 Å². The molecule has 0 bridgehead atoms. The third kappa shape index (κ3) is 5.26. The Kier molecular flexibility index (Phi) is 6.93. The Hall–Kier alpha value is -1.95. The van der Waals surface area contributed by atoms with Gasteiger partial charge in [0.2, 0.25) is 0 Å². The number of carbonyl (C=O) groups is 1. The van der Waals surface area contributed by atoms with Crippen molar-refractivity contribution in [3.63, 3.8) is 0 Å². The van der Waals surface area contributed by atoms with Gasteiger partial charge in [0.25, 0.3) is 0 Å². The van der Waals surface area contributed by atoms with Crippen molar-refractivity contribution >= 4 is 29.2 Å². The monoisotopic (exact) mass is 383 g/mol. The maximum Gasteiger partial charge on any atom is 0.320 e. The van der Waals surface area contributed by atoms with Crippen LogP contribution in [0.1, 0.15) is 18.1 Å². The number of benzene rings is 2. The number of ether oxygens (including phenoxy) is 2. The predicted molar refractivity (Wildman–Crippen MR) is 97.7 cm³/mol. The van der Waals surface area contributed by atoms with Gasteiger partial charge in [0, 0.05) is 12.1 Å². The molecule has 0 aromatic heterocycles. The van der Waals surface area contributed by atoms with E-state index in [0.717, 1.165) is 11.1 Å². The molecule has 0 amide bonds. The van der Waals surface area contributed by atoms with Crippen LogP contribution < -0.4 is 14.8 Å². The zero-order valence-electron chi connectivity index (χ0n) is 13.9. The minimum Gasteiger partial charge on any atom is -0.493 e. The van der Waals surface area contributed by atoms with E-state index >= 15 is 0 Å². The fourth-order valence-corrected chi connectivity index (χ4v) is 2.48. The molecular formula is C18H19Cl2NO4. The van der Waals surface area contributed by atoms with Crippen molar-refractivity contribution in [3.05, 3.63) is 57.6 Å². The summed E-state index contributed by atoms with van der Waals surface area (Å²) < 4.78 is 11.3. The molecule has 2 rings (SSSR count). The zero-order valence-corrected chi connectivity index (χ0v) is 15.4. The molecule has 2 aromatic carbocycles. The van der Waals surface area contributed by atoms with Crippen LogP contribution in [0.3, 0.4) is 0 Å². The van der Waals surface area contributed by atoms with Crippen LogP contribution in [0.25, 0.3) is 0 Å². The number of halogens is 2. The number of carboxylic acids is 1. The second-order valence-electron chi connectivity index (χ2n) is 5.43. The lowest BCUT2D eigenvalue weighted by Gasteiger charge is -2.17. The molecule has 0 fully saturated rings. The highest BCUT2D eigenvalue weighted by Gasteiger charge is 2.14. The molecule has 1 unspecified atom stereocenters. The van der Waals surface area contributed by atoms with Crippen LogP contribution in [0.15, 0.2) is 36.4 Å². The minimum absolute atomic E-state index is 0.277. The Bertz CT molecular complexity index is 752. The van der Waals surface area contributed by atoms with E-state index in [1.54, 1.807) is 32.2 Å². The summed E-state index contributed by atoms with van der Waals surface area (Å²) >= 11 is 11.9. The molecule has 25 heavy (non-hydrogen) atoms. The van der Waals surface area contributed by atoms with Crippen LogP contribution in [0.5, 0.6) is 11.5 Å². The number of rotatable bonds is 8. The SMILES string of the molecule is COc1cccc(CNC(C)C(=O)O)c1OCc1ccc(Cl)c(Cl)c1. The van der Waals surface area contributed by atoms with Crippen molar-refractivity contribution in [2.75, 3.05) is 7.11 Å². The first kappa shape index (κ1) is 19.4. The Balaban J connectivity index is 2.16. The maximum absolute atomic E-state index is 11.0. The summed E-state index contributed by atoms with van der Waals surface area (Å²) in [5.74, 6) is 0.213. The van der Waals surface area contributed by atoms with Crippen LogP contribution >= 0.6 is 23.2 Å². The van der Waals surface area contributed by atoms with E-state index in [1.165, 1.54) is 0 Å². The first-order valence-corrected chi connectivity index (χ1v) is 8.36. The normalized spacial score (nSPS) is 11.8. The summed E-state index contributed by atoms with van der Waals surface area (Å²) in [7, 11) is 1.55. The van der Waals surface area contributed by atoms with E-state index < -0.39 is 12.0 Å². The van der Waals surface area contributed by atoms with Gasteiger partial charge < -0.3 is 19.9 Å². The Morgan fingerprint density at radius 3 is 2.64 bits per heavy atom. The molecule has 0 aliphatic rings. The van der Waals surface area contributed by atoms with Crippen LogP contribution in [0.2, 0.25) is 10.0 Å². The average Bonchev–Trinajstić information content (AvgIpc) is 2.60. The van der Waals surface area contributed by atoms with Gasteiger partial charge >= 0.3 is 5.97 Å². The topological polar surface area (TPSA) is 67.8 Å².